The maximum Gasteiger partial charge on any atom is 0.343 e. The number of nitrogens with two attached hydrogens (primary N) is 1. The van der Waals surface area contributed by atoms with E-state index in [0.717, 1.165) is 17.3 Å². The normalized spacial score (nSPS) is 15.5. The molecule has 120 valence electrons. The Kier molecular flexibility index (Phi) is 4.69. The second-order valence-electron chi connectivity index (χ2n) is 4.83. The smallest absolute Gasteiger partial charge is 0.343 e. The van der Waals surface area contributed by atoms with Crippen LogP contribution in [0.3, 0.4) is 0 Å². The van der Waals surface area contributed by atoms with E-state index in [0.29, 0.717) is 21.2 Å². The summed E-state index contributed by atoms with van der Waals surface area (Å²) >= 11 is 6.91. The standard InChI is InChI=1S/C17H11ClN2O3S/c18-12-5-3-11(4-6-12)16(22)23-13-7-1-10(2-8-13)9-14-15(21)20-17(19)24-14/h1-9H,(H2,19,20,21)/b14-9-. The monoisotopic (exact) mass is 358 g/mol. The van der Waals surface area contributed by atoms with Gasteiger partial charge in [0.05, 0.1) is 10.5 Å². The van der Waals surface area contributed by atoms with Gasteiger partial charge in [-0.1, -0.05) is 23.7 Å². The highest BCUT2D eigenvalue weighted by Crippen LogP contribution is 2.27. The molecule has 1 heterocycles. The fourth-order valence-electron chi connectivity index (χ4n) is 1.96. The van der Waals surface area contributed by atoms with Crippen molar-refractivity contribution >= 4 is 46.5 Å². The third-order valence-electron chi connectivity index (χ3n) is 3.11. The van der Waals surface area contributed by atoms with Gasteiger partial charge in [-0.2, -0.15) is 4.99 Å². The van der Waals surface area contributed by atoms with Gasteiger partial charge in [0.2, 0.25) is 0 Å². The molecule has 0 saturated heterocycles. The van der Waals surface area contributed by atoms with Gasteiger partial charge in [-0.05, 0) is 59.8 Å². The predicted molar refractivity (Wildman–Crippen MR) is 95.0 cm³/mol. The fraction of sp³-hybridized carbons (Fsp3) is 0. The molecule has 0 aromatic heterocycles. The highest BCUT2D eigenvalue weighted by Gasteiger charge is 2.19. The summed E-state index contributed by atoms with van der Waals surface area (Å²) in [4.78, 5) is 27.7. The van der Waals surface area contributed by atoms with Gasteiger partial charge in [0, 0.05) is 5.02 Å². The summed E-state index contributed by atoms with van der Waals surface area (Å²) in [5.74, 6) is -0.422. The van der Waals surface area contributed by atoms with E-state index in [1.54, 1.807) is 54.6 Å². The lowest BCUT2D eigenvalue weighted by Crippen LogP contribution is -2.08. The van der Waals surface area contributed by atoms with Gasteiger partial charge in [0.15, 0.2) is 5.17 Å². The molecule has 2 aromatic carbocycles. The number of carbonyl (C=O) groups is 2. The zero-order chi connectivity index (χ0) is 17.1. The molecule has 1 amide bonds. The Morgan fingerprint density at radius 1 is 1.12 bits per heavy atom. The molecule has 7 heteroatoms. The maximum absolute atomic E-state index is 12.0. The summed E-state index contributed by atoms with van der Waals surface area (Å²) in [7, 11) is 0. The molecule has 24 heavy (non-hydrogen) atoms. The Morgan fingerprint density at radius 3 is 2.38 bits per heavy atom. The molecule has 5 nitrogen and oxygen atoms in total. The molecule has 1 aliphatic rings. The quantitative estimate of drug-likeness (QED) is 0.516. The Balaban J connectivity index is 1.69. The van der Waals surface area contributed by atoms with Gasteiger partial charge >= 0.3 is 5.97 Å². The molecule has 0 bridgehead atoms. The highest BCUT2D eigenvalue weighted by molar-refractivity contribution is 8.18. The molecule has 0 radical (unpaired) electrons. The van der Waals surface area contributed by atoms with Crippen LogP contribution in [-0.2, 0) is 4.79 Å². The van der Waals surface area contributed by atoms with Crippen LogP contribution in [0.25, 0.3) is 6.08 Å². The van der Waals surface area contributed by atoms with Gasteiger partial charge in [-0.15, -0.1) is 0 Å². The third-order valence-corrected chi connectivity index (χ3v) is 4.17. The van der Waals surface area contributed by atoms with Crippen LogP contribution in [-0.4, -0.2) is 17.0 Å². The second-order valence-corrected chi connectivity index (χ2v) is 6.33. The zero-order valence-corrected chi connectivity index (χ0v) is 13.8. The molecule has 2 N–H and O–H groups in total. The summed E-state index contributed by atoms with van der Waals surface area (Å²) in [6.07, 6.45) is 1.68. The number of thioether (sulfide) groups is 1. The number of amidine groups is 1. The number of benzene rings is 2. The Bertz CT molecular complexity index is 858. The second kappa shape index (κ2) is 6.90. The van der Waals surface area contributed by atoms with Crippen molar-refractivity contribution in [3.05, 3.63) is 69.6 Å². The average Bonchev–Trinajstić information content (AvgIpc) is 2.87. The largest absolute Gasteiger partial charge is 0.423 e. The summed E-state index contributed by atoms with van der Waals surface area (Å²) in [6.45, 7) is 0. The van der Waals surface area contributed by atoms with Crippen molar-refractivity contribution in [2.75, 3.05) is 0 Å². The van der Waals surface area contributed by atoms with Crippen molar-refractivity contribution < 1.29 is 14.3 Å². The number of aliphatic imine (C=N–C) groups is 1. The Morgan fingerprint density at radius 2 is 1.79 bits per heavy atom. The summed E-state index contributed by atoms with van der Waals surface area (Å²) in [5, 5.41) is 0.785. The number of hydrogen-bond acceptors (Lipinski definition) is 5. The molecule has 0 unspecified atom stereocenters. The topological polar surface area (TPSA) is 81.8 Å². The van der Waals surface area contributed by atoms with E-state index in [9.17, 15) is 9.59 Å². The van der Waals surface area contributed by atoms with Crippen molar-refractivity contribution in [2.24, 2.45) is 10.7 Å². The van der Waals surface area contributed by atoms with E-state index in [1.165, 1.54) is 0 Å². The molecule has 0 atom stereocenters. The Labute approximate surface area is 147 Å². The van der Waals surface area contributed by atoms with E-state index in [1.807, 2.05) is 0 Å². The van der Waals surface area contributed by atoms with Crippen LogP contribution in [0.4, 0.5) is 0 Å². The summed E-state index contributed by atoms with van der Waals surface area (Å²) in [5.41, 5.74) is 6.69. The molecular weight excluding hydrogens is 348 g/mol. The van der Waals surface area contributed by atoms with Crippen LogP contribution in [0.15, 0.2) is 58.4 Å². The van der Waals surface area contributed by atoms with Crippen LogP contribution in [0.5, 0.6) is 5.75 Å². The SMILES string of the molecule is NC1=NC(=O)/C(=C/c2ccc(OC(=O)c3ccc(Cl)cc3)cc2)S1. The molecule has 0 saturated carbocycles. The number of nitrogens with zero attached hydrogens (tertiary/aromatic N) is 1. The van der Waals surface area contributed by atoms with E-state index in [2.05, 4.69) is 4.99 Å². The van der Waals surface area contributed by atoms with Gasteiger partial charge in [-0.25, -0.2) is 4.79 Å². The van der Waals surface area contributed by atoms with Crippen LogP contribution < -0.4 is 10.5 Å². The predicted octanol–water partition coefficient (Wildman–Crippen LogP) is 3.49. The lowest BCUT2D eigenvalue weighted by Gasteiger charge is -2.05. The van der Waals surface area contributed by atoms with Crippen LogP contribution in [0.2, 0.25) is 5.02 Å². The van der Waals surface area contributed by atoms with Crippen molar-refractivity contribution in [1.82, 2.24) is 0 Å². The number of halogens is 1. The summed E-state index contributed by atoms with van der Waals surface area (Å²) < 4.78 is 5.29. The fourth-order valence-corrected chi connectivity index (χ4v) is 2.77. The number of carbonyl (C=O) groups excluding carboxylic acids is 2. The van der Waals surface area contributed by atoms with E-state index >= 15 is 0 Å². The number of ether oxygens (including phenoxy) is 1. The Hall–Kier alpha value is -2.57. The maximum atomic E-state index is 12.0. The minimum atomic E-state index is -0.472. The minimum Gasteiger partial charge on any atom is -0.423 e. The van der Waals surface area contributed by atoms with E-state index in [4.69, 9.17) is 22.1 Å². The molecule has 0 fully saturated rings. The van der Waals surface area contributed by atoms with Crippen molar-refractivity contribution in [1.29, 1.82) is 0 Å². The van der Waals surface area contributed by atoms with Crippen molar-refractivity contribution in [2.45, 2.75) is 0 Å². The van der Waals surface area contributed by atoms with Gasteiger partial charge in [0.25, 0.3) is 5.91 Å². The number of esters is 1. The van der Waals surface area contributed by atoms with E-state index in [-0.39, 0.29) is 11.1 Å². The lowest BCUT2D eigenvalue weighted by molar-refractivity contribution is -0.113. The molecule has 0 aliphatic carbocycles. The first-order valence-electron chi connectivity index (χ1n) is 6.87. The number of hydrogen-bond donors (Lipinski definition) is 1. The zero-order valence-electron chi connectivity index (χ0n) is 12.2. The van der Waals surface area contributed by atoms with Crippen LogP contribution >= 0.6 is 23.4 Å². The summed E-state index contributed by atoms with van der Waals surface area (Å²) in [6, 6.07) is 13.2. The molecule has 2 aromatic rings. The number of amides is 1. The van der Waals surface area contributed by atoms with Gasteiger partial charge in [0.1, 0.15) is 5.75 Å². The first-order valence-corrected chi connectivity index (χ1v) is 8.06. The van der Waals surface area contributed by atoms with Gasteiger partial charge in [-0.3, -0.25) is 4.79 Å². The minimum absolute atomic E-state index is 0.236. The third kappa shape index (κ3) is 3.84. The van der Waals surface area contributed by atoms with Crippen molar-refractivity contribution in [3.8, 4) is 5.75 Å². The van der Waals surface area contributed by atoms with Crippen LogP contribution in [0.1, 0.15) is 15.9 Å². The average molecular weight is 359 g/mol. The molecule has 3 rings (SSSR count). The van der Waals surface area contributed by atoms with Crippen molar-refractivity contribution in [3.63, 3.8) is 0 Å². The van der Waals surface area contributed by atoms with E-state index < -0.39 is 5.97 Å². The first kappa shape index (κ1) is 16.3. The molecule has 0 spiro atoms. The highest BCUT2D eigenvalue weighted by atomic mass is 35.5. The lowest BCUT2D eigenvalue weighted by atomic mass is 10.2. The van der Waals surface area contributed by atoms with Gasteiger partial charge < -0.3 is 10.5 Å². The molecule has 1 aliphatic heterocycles. The van der Waals surface area contributed by atoms with Crippen LogP contribution in [0, 0.1) is 0 Å². The first-order chi connectivity index (χ1) is 11.5. The molecular formula is C17H11ClN2O3S. The number of rotatable bonds is 3.